The van der Waals surface area contributed by atoms with Gasteiger partial charge in [-0.05, 0) is 52.6 Å². The highest BCUT2D eigenvalue weighted by Crippen LogP contribution is 2.36. The first-order valence-corrected chi connectivity index (χ1v) is 9.29. The molecule has 2 aromatic rings. The van der Waals surface area contributed by atoms with E-state index < -0.39 is 5.60 Å². The monoisotopic (exact) mass is 333 g/mol. The van der Waals surface area contributed by atoms with Gasteiger partial charge >= 0.3 is 0 Å². The molecule has 0 saturated heterocycles. The Hall–Kier alpha value is -1.30. The second-order valence-electron chi connectivity index (χ2n) is 5.70. The zero-order chi connectivity index (χ0) is 15.6. The topological polar surface area (TPSA) is 49.3 Å². The zero-order valence-corrected chi connectivity index (χ0v) is 14.0. The van der Waals surface area contributed by atoms with Crippen LogP contribution in [-0.4, -0.2) is 23.3 Å². The van der Waals surface area contributed by atoms with E-state index in [1.54, 1.807) is 30.0 Å². The van der Waals surface area contributed by atoms with E-state index >= 15 is 0 Å². The largest absolute Gasteiger partial charge is 0.384 e. The molecule has 0 saturated carbocycles. The van der Waals surface area contributed by atoms with E-state index in [0.717, 1.165) is 23.3 Å². The van der Waals surface area contributed by atoms with Crippen molar-refractivity contribution in [1.29, 1.82) is 0 Å². The van der Waals surface area contributed by atoms with Crippen LogP contribution in [0.25, 0.3) is 0 Å². The number of hydrogen-bond acceptors (Lipinski definition) is 4. The van der Waals surface area contributed by atoms with Gasteiger partial charge in [0, 0.05) is 0 Å². The molecule has 2 atom stereocenters. The molecule has 0 fully saturated rings. The van der Waals surface area contributed by atoms with Crippen molar-refractivity contribution in [2.45, 2.75) is 24.2 Å². The summed E-state index contributed by atoms with van der Waals surface area (Å²) in [7, 11) is 0. The normalized spacial score (nSPS) is 20.0. The summed E-state index contributed by atoms with van der Waals surface area (Å²) in [5.41, 5.74) is 2.17. The highest BCUT2D eigenvalue weighted by atomic mass is 32.2. The minimum atomic E-state index is -1.03. The van der Waals surface area contributed by atoms with E-state index in [9.17, 15) is 9.90 Å². The highest BCUT2D eigenvalue weighted by molar-refractivity contribution is 8.00. The third kappa shape index (κ3) is 3.21. The standard InChI is InChI=1S/C17H19NO2S2/c1-17(20,13-7-8-21-10-13)11-18-16(19)15-14-5-3-2-4-12(14)6-9-22-15/h2-5,7-8,10,15,20H,6,9,11H2,1H3,(H,18,19). The van der Waals surface area contributed by atoms with Crippen molar-refractivity contribution >= 4 is 29.0 Å². The van der Waals surface area contributed by atoms with Crippen LogP contribution >= 0.6 is 23.1 Å². The number of amides is 1. The van der Waals surface area contributed by atoms with Gasteiger partial charge in [0.2, 0.25) is 5.91 Å². The Kier molecular flexibility index (Phi) is 4.57. The summed E-state index contributed by atoms with van der Waals surface area (Å²) >= 11 is 3.21. The third-order valence-corrected chi connectivity index (χ3v) is 5.91. The number of hydrogen-bond donors (Lipinski definition) is 2. The van der Waals surface area contributed by atoms with Crippen LogP contribution in [0.2, 0.25) is 0 Å². The molecule has 0 aliphatic carbocycles. The molecule has 0 radical (unpaired) electrons. The Morgan fingerprint density at radius 3 is 3.00 bits per heavy atom. The number of aliphatic hydroxyl groups is 1. The number of carbonyl (C=O) groups is 1. The lowest BCUT2D eigenvalue weighted by atomic mass is 9.98. The SMILES string of the molecule is CC(O)(CNC(=O)C1SCCc2ccccc21)c1ccsc1. The smallest absolute Gasteiger partial charge is 0.237 e. The summed E-state index contributed by atoms with van der Waals surface area (Å²) in [5.74, 6) is 0.934. The lowest BCUT2D eigenvalue weighted by Gasteiger charge is -2.27. The van der Waals surface area contributed by atoms with Gasteiger partial charge in [0.05, 0.1) is 6.54 Å². The summed E-state index contributed by atoms with van der Waals surface area (Å²) in [6.45, 7) is 1.96. The predicted molar refractivity (Wildman–Crippen MR) is 92.2 cm³/mol. The van der Waals surface area contributed by atoms with Crippen LogP contribution in [-0.2, 0) is 16.8 Å². The lowest BCUT2D eigenvalue weighted by Crippen LogP contribution is -2.40. The molecule has 3 rings (SSSR count). The zero-order valence-electron chi connectivity index (χ0n) is 12.4. The summed E-state index contributed by atoms with van der Waals surface area (Å²) in [6, 6.07) is 10.0. The second-order valence-corrected chi connectivity index (χ2v) is 7.70. The van der Waals surface area contributed by atoms with Gasteiger partial charge in [-0.3, -0.25) is 4.79 Å². The van der Waals surface area contributed by atoms with Gasteiger partial charge in [0.15, 0.2) is 0 Å². The molecule has 1 amide bonds. The molecule has 1 aliphatic heterocycles. The highest BCUT2D eigenvalue weighted by Gasteiger charge is 2.29. The molecule has 2 unspecified atom stereocenters. The van der Waals surface area contributed by atoms with Crippen molar-refractivity contribution < 1.29 is 9.90 Å². The van der Waals surface area contributed by atoms with Crippen LogP contribution in [0.5, 0.6) is 0 Å². The minimum Gasteiger partial charge on any atom is -0.384 e. The van der Waals surface area contributed by atoms with Gasteiger partial charge in [-0.2, -0.15) is 11.3 Å². The summed E-state index contributed by atoms with van der Waals surface area (Å²) in [5, 5.41) is 17.1. The van der Waals surface area contributed by atoms with Crippen molar-refractivity contribution in [3.05, 3.63) is 57.8 Å². The van der Waals surface area contributed by atoms with Crippen LogP contribution in [0.4, 0.5) is 0 Å². The molecule has 2 N–H and O–H groups in total. The Morgan fingerprint density at radius 2 is 2.23 bits per heavy atom. The van der Waals surface area contributed by atoms with Crippen LogP contribution in [0.1, 0.15) is 28.9 Å². The molecule has 5 heteroatoms. The number of carbonyl (C=O) groups excluding carboxylic acids is 1. The number of nitrogens with one attached hydrogen (secondary N) is 1. The maximum absolute atomic E-state index is 12.5. The Morgan fingerprint density at radius 1 is 1.41 bits per heavy atom. The fourth-order valence-electron chi connectivity index (χ4n) is 2.64. The fraction of sp³-hybridized carbons (Fsp3) is 0.353. The molecule has 3 nitrogen and oxygen atoms in total. The van der Waals surface area contributed by atoms with E-state index in [4.69, 9.17) is 0 Å². The van der Waals surface area contributed by atoms with Gasteiger partial charge < -0.3 is 10.4 Å². The maximum atomic E-state index is 12.5. The first-order chi connectivity index (χ1) is 10.6. The van der Waals surface area contributed by atoms with Crippen molar-refractivity contribution in [2.75, 3.05) is 12.3 Å². The van der Waals surface area contributed by atoms with Crippen molar-refractivity contribution in [3.63, 3.8) is 0 Å². The quantitative estimate of drug-likeness (QED) is 0.904. The molecule has 1 aromatic carbocycles. The van der Waals surface area contributed by atoms with Crippen LogP contribution < -0.4 is 5.32 Å². The minimum absolute atomic E-state index is 0.0207. The van der Waals surface area contributed by atoms with E-state index in [-0.39, 0.29) is 17.7 Å². The van der Waals surface area contributed by atoms with Crippen molar-refractivity contribution in [1.82, 2.24) is 5.32 Å². The Bertz CT molecular complexity index is 652. The van der Waals surface area contributed by atoms with Crippen LogP contribution in [0, 0.1) is 0 Å². The van der Waals surface area contributed by atoms with E-state index in [2.05, 4.69) is 11.4 Å². The van der Waals surface area contributed by atoms with E-state index in [1.807, 2.05) is 35.0 Å². The van der Waals surface area contributed by atoms with Gasteiger partial charge in [-0.1, -0.05) is 24.3 Å². The second kappa shape index (κ2) is 6.44. The van der Waals surface area contributed by atoms with Gasteiger partial charge in [0.25, 0.3) is 0 Å². The molecule has 0 bridgehead atoms. The molecule has 116 valence electrons. The number of fused-ring (bicyclic) bond motifs is 1. The average molecular weight is 333 g/mol. The Labute approximate surface area is 138 Å². The number of rotatable bonds is 4. The van der Waals surface area contributed by atoms with Gasteiger partial charge in [-0.15, -0.1) is 11.8 Å². The first kappa shape index (κ1) is 15.6. The summed E-state index contributed by atoms with van der Waals surface area (Å²) in [6.07, 6.45) is 1.01. The van der Waals surface area contributed by atoms with Gasteiger partial charge in [0.1, 0.15) is 10.9 Å². The number of benzene rings is 1. The Balaban J connectivity index is 1.69. The average Bonchev–Trinajstić information content (AvgIpc) is 3.07. The molecule has 0 spiro atoms. The molecular formula is C17H19NO2S2. The van der Waals surface area contributed by atoms with Crippen molar-refractivity contribution in [3.8, 4) is 0 Å². The number of thioether (sulfide) groups is 1. The third-order valence-electron chi connectivity index (χ3n) is 3.98. The number of aryl methyl sites for hydroxylation is 1. The molecular weight excluding hydrogens is 314 g/mol. The lowest BCUT2D eigenvalue weighted by molar-refractivity contribution is -0.121. The summed E-state index contributed by atoms with van der Waals surface area (Å²) < 4.78 is 0. The van der Waals surface area contributed by atoms with E-state index in [0.29, 0.717) is 0 Å². The number of thiophene rings is 1. The van der Waals surface area contributed by atoms with E-state index in [1.165, 1.54) is 5.56 Å². The molecule has 1 aliphatic rings. The first-order valence-electron chi connectivity index (χ1n) is 7.30. The fourth-order valence-corrected chi connectivity index (χ4v) is 4.64. The summed E-state index contributed by atoms with van der Waals surface area (Å²) in [4.78, 5) is 12.5. The predicted octanol–water partition coefficient (Wildman–Crippen LogP) is 3.10. The van der Waals surface area contributed by atoms with Gasteiger partial charge in [-0.25, -0.2) is 0 Å². The molecule has 22 heavy (non-hydrogen) atoms. The van der Waals surface area contributed by atoms with Crippen LogP contribution in [0.15, 0.2) is 41.1 Å². The maximum Gasteiger partial charge on any atom is 0.237 e. The molecule has 2 heterocycles. The van der Waals surface area contributed by atoms with Crippen molar-refractivity contribution in [2.24, 2.45) is 0 Å². The molecule has 1 aromatic heterocycles. The van der Waals surface area contributed by atoms with Crippen LogP contribution in [0.3, 0.4) is 0 Å².